The van der Waals surface area contributed by atoms with E-state index in [2.05, 4.69) is 10.0 Å². The molecule has 0 saturated carbocycles. The van der Waals surface area contributed by atoms with Gasteiger partial charge in [-0.1, -0.05) is 18.2 Å². The second kappa shape index (κ2) is 6.98. The third-order valence-corrected chi connectivity index (χ3v) is 4.30. The van der Waals surface area contributed by atoms with Crippen LogP contribution in [0.4, 0.5) is 5.69 Å². The first-order valence-electron chi connectivity index (χ1n) is 7.73. The summed E-state index contributed by atoms with van der Waals surface area (Å²) < 4.78 is 30.2. The molecule has 0 spiro atoms. The smallest absolute Gasteiger partial charge is 0.251 e. The lowest BCUT2D eigenvalue weighted by atomic mass is 10.1. The minimum Gasteiger partial charge on any atom is -0.464 e. The highest BCUT2D eigenvalue weighted by atomic mass is 32.2. The van der Waals surface area contributed by atoms with Crippen LogP contribution in [0.5, 0.6) is 0 Å². The van der Waals surface area contributed by atoms with Crippen molar-refractivity contribution in [2.24, 2.45) is 0 Å². The fourth-order valence-electron chi connectivity index (χ4n) is 2.54. The molecule has 0 aliphatic carbocycles. The van der Waals surface area contributed by atoms with E-state index in [1.165, 1.54) is 0 Å². The highest BCUT2D eigenvalue weighted by molar-refractivity contribution is 7.92. The zero-order chi connectivity index (χ0) is 17.9. The van der Waals surface area contributed by atoms with Gasteiger partial charge in [0.25, 0.3) is 5.91 Å². The molecule has 2 N–H and O–H groups in total. The Balaban J connectivity index is 1.57. The van der Waals surface area contributed by atoms with Gasteiger partial charge in [-0.05, 0) is 42.3 Å². The quantitative estimate of drug-likeness (QED) is 0.709. The van der Waals surface area contributed by atoms with Crippen LogP contribution >= 0.6 is 0 Å². The van der Waals surface area contributed by atoms with Crippen LogP contribution in [0.1, 0.15) is 15.9 Å². The zero-order valence-electron chi connectivity index (χ0n) is 13.7. The predicted molar refractivity (Wildman–Crippen MR) is 97.2 cm³/mol. The molecule has 0 aliphatic heterocycles. The maximum Gasteiger partial charge on any atom is 0.251 e. The van der Waals surface area contributed by atoms with Gasteiger partial charge in [-0.15, -0.1) is 0 Å². The lowest BCUT2D eigenvalue weighted by molar-refractivity contribution is 0.0954. The number of hydrogen-bond donors (Lipinski definition) is 2. The maximum absolute atomic E-state index is 12.2. The van der Waals surface area contributed by atoms with Gasteiger partial charge in [0, 0.05) is 23.2 Å². The van der Waals surface area contributed by atoms with Gasteiger partial charge < -0.3 is 9.73 Å². The number of nitrogens with one attached hydrogen (secondary N) is 2. The molecule has 0 bridgehead atoms. The van der Waals surface area contributed by atoms with Crippen LogP contribution in [0.2, 0.25) is 0 Å². The molecule has 25 heavy (non-hydrogen) atoms. The molecular formula is C18H18N2O4S. The molecule has 0 fully saturated rings. The molecule has 0 saturated heterocycles. The van der Waals surface area contributed by atoms with Crippen LogP contribution in [0.25, 0.3) is 11.0 Å². The Morgan fingerprint density at radius 2 is 1.80 bits per heavy atom. The third kappa shape index (κ3) is 4.39. The molecule has 0 atom stereocenters. The van der Waals surface area contributed by atoms with Crippen LogP contribution in [0.3, 0.4) is 0 Å². The lowest BCUT2D eigenvalue weighted by Gasteiger charge is -2.07. The van der Waals surface area contributed by atoms with E-state index in [1.807, 2.05) is 24.3 Å². The average molecular weight is 358 g/mol. The van der Waals surface area contributed by atoms with Crippen molar-refractivity contribution in [2.75, 3.05) is 17.5 Å². The molecule has 7 heteroatoms. The minimum absolute atomic E-state index is 0.210. The highest BCUT2D eigenvalue weighted by Crippen LogP contribution is 2.20. The van der Waals surface area contributed by atoms with E-state index in [-0.39, 0.29) is 5.91 Å². The Kier molecular flexibility index (Phi) is 4.76. The second-order valence-electron chi connectivity index (χ2n) is 5.71. The summed E-state index contributed by atoms with van der Waals surface area (Å²) in [6.07, 6.45) is 3.45. The van der Waals surface area contributed by atoms with Crippen molar-refractivity contribution >= 4 is 32.6 Å². The van der Waals surface area contributed by atoms with Crippen LogP contribution in [-0.4, -0.2) is 27.1 Å². The Hall–Kier alpha value is -2.80. The molecule has 1 heterocycles. The number of benzene rings is 2. The SMILES string of the molecule is CS(=O)(=O)Nc1ccc(C(=O)NCCc2coc3ccccc23)cc1. The molecule has 1 amide bonds. The molecule has 6 nitrogen and oxygen atoms in total. The molecular weight excluding hydrogens is 340 g/mol. The summed E-state index contributed by atoms with van der Waals surface area (Å²) >= 11 is 0. The Morgan fingerprint density at radius 1 is 1.08 bits per heavy atom. The molecule has 3 rings (SSSR count). The number of sulfonamides is 1. The van der Waals surface area contributed by atoms with E-state index >= 15 is 0 Å². The molecule has 0 radical (unpaired) electrons. The van der Waals surface area contributed by atoms with E-state index in [4.69, 9.17) is 4.42 Å². The largest absolute Gasteiger partial charge is 0.464 e. The van der Waals surface area contributed by atoms with Crippen LogP contribution in [0.15, 0.2) is 59.2 Å². The molecule has 0 unspecified atom stereocenters. The van der Waals surface area contributed by atoms with Gasteiger partial charge in [0.15, 0.2) is 0 Å². The van der Waals surface area contributed by atoms with E-state index in [1.54, 1.807) is 30.5 Å². The van der Waals surface area contributed by atoms with E-state index in [0.29, 0.717) is 24.2 Å². The molecule has 1 aromatic heterocycles. The van der Waals surface area contributed by atoms with Crippen molar-refractivity contribution in [3.63, 3.8) is 0 Å². The highest BCUT2D eigenvalue weighted by Gasteiger charge is 2.08. The number of amides is 1. The van der Waals surface area contributed by atoms with Gasteiger partial charge in [0.05, 0.1) is 12.5 Å². The summed E-state index contributed by atoms with van der Waals surface area (Å²) in [5.41, 5.74) is 2.77. The predicted octanol–water partition coefficient (Wildman–Crippen LogP) is 2.78. The van der Waals surface area contributed by atoms with E-state index < -0.39 is 10.0 Å². The van der Waals surface area contributed by atoms with Crippen LogP contribution in [-0.2, 0) is 16.4 Å². The van der Waals surface area contributed by atoms with Gasteiger partial charge in [0.2, 0.25) is 10.0 Å². The van der Waals surface area contributed by atoms with Gasteiger partial charge in [-0.25, -0.2) is 8.42 Å². The number of carbonyl (C=O) groups is 1. The summed E-state index contributed by atoms with van der Waals surface area (Å²) in [6, 6.07) is 14.0. The lowest BCUT2D eigenvalue weighted by Crippen LogP contribution is -2.25. The van der Waals surface area contributed by atoms with Crippen LogP contribution < -0.4 is 10.0 Å². The first kappa shape index (κ1) is 17.0. The number of furan rings is 1. The van der Waals surface area contributed by atoms with E-state index in [9.17, 15) is 13.2 Å². The monoisotopic (exact) mass is 358 g/mol. The topological polar surface area (TPSA) is 88.4 Å². The van der Waals surface area contributed by atoms with Crippen LogP contribution in [0, 0.1) is 0 Å². The number of anilines is 1. The van der Waals surface area contributed by atoms with E-state index in [0.717, 1.165) is 22.8 Å². The summed E-state index contributed by atoms with van der Waals surface area (Å²) in [4.78, 5) is 12.2. The fourth-order valence-corrected chi connectivity index (χ4v) is 3.11. The van der Waals surface area contributed by atoms with Crippen molar-refractivity contribution < 1.29 is 17.6 Å². The second-order valence-corrected chi connectivity index (χ2v) is 7.46. The van der Waals surface area contributed by atoms with Crippen molar-refractivity contribution in [2.45, 2.75) is 6.42 Å². The first-order valence-corrected chi connectivity index (χ1v) is 9.63. The summed E-state index contributed by atoms with van der Waals surface area (Å²) in [7, 11) is -3.33. The van der Waals surface area contributed by atoms with Gasteiger partial charge in [-0.2, -0.15) is 0 Å². The summed E-state index contributed by atoms with van der Waals surface area (Å²) in [6.45, 7) is 0.478. The maximum atomic E-state index is 12.2. The Morgan fingerprint density at radius 3 is 2.52 bits per heavy atom. The molecule has 3 aromatic rings. The van der Waals surface area contributed by atoms with Crippen molar-refractivity contribution in [3.8, 4) is 0 Å². The van der Waals surface area contributed by atoms with Crippen molar-refractivity contribution in [1.82, 2.24) is 5.32 Å². The minimum atomic E-state index is -3.33. The van der Waals surface area contributed by atoms with Crippen molar-refractivity contribution in [3.05, 3.63) is 65.9 Å². The molecule has 2 aromatic carbocycles. The standard InChI is InChI=1S/C18H18N2O4S/c1-25(22,23)20-15-8-6-13(7-9-15)18(21)19-11-10-14-12-24-17-5-3-2-4-16(14)17/h2-9,12,20H,10-11H2,1H3,(H,19,21). The van der Waals surface area contributed by atoms with Gasteiger partial charge >= 0.3 is 0 Å². The number of carbonyl (C=O) groups excluding carboxylic acids is 1. The zero-order valence-corrected chi connectivity index (χ0v) is 14.5. The summed E-state index contributed by atoms with van der Waals surface area (Å²) in [5, 5.41) is 3.90. The Bertz CT molecular complexity index is 991. The number of rotatable bonds is 6. The normalized spacial score (nSPS) is 11.4. The fraction of sp³-hybridized carbons (Fsp3) is 0.167. The molecule has 0 aliphatic rings. The Labute approximate surface area is 145 Å². The average Bonchev–Trinajstić information content (AvgIpc) is 2.97. The molecule has 130 valence electrons. The number of hydrogen-bond acceptors (Lipinski definition) is 4. The number of para-hydroxylation sites is 1. The number of fused-ring (bicyclic) bond motifs is 1. The van der Waals surface area contributed by atoms with Crippen molar-refractivity contribution in [1.29, 1.82) is 0 Å². The summed E-state index contributed by atoms with van der Waals surface area (Å²) in [5.74, 6) is -0.210. The van der Waals surface area contributed by atoms with Gasteiger partial charge in [-0.3, -0.25) is 9.52 Å². The first-order chi connectivity index (χ1) is 11.9. The third-order valence-electron chi connectivity index (χ3n) is 3.69. The van der Waals surface area contributed by atoms with Gasteiger partial charge in [0.1, 0.15) is 5.58 Å².